The molecular weight excluding hydrogens is 328 g/mol. The average molecular weight is 356 g/mol. The number of amides is 1. The third kappa shape index (κ3) is 4.64. The Balaban J connectivity index is 1.54. The maximum Gasteiger partial charge on any atom is 0.251 e. The number of hydrogen-bond donors (Lipinski definition) is 1. The summed E-state index contributed by atoms with van der Waals surface area (Å²) in [5, 5.41) is 7.47. The zero-order chi connectivity index (χ0) is 18.4. The Kier molecular flexibility index (Phi) is 6.28. The number of hydrogen-bond acceptors (Lipinski definition) is 4. The van der Waals surface area contributed by atoms with Gasteiger partial charge in [-0.15, -0.1) is 0 Å². The van der Waals surface area contributed by atoms with Crippen LogP contribution in [-0.2, 0) is 17.8 Å². The number of carbonyl (C=O) groups is 1. The van der Waals surface area contributed by atoms with Gasteiger partial charge in [0.25, 0.3) is 5.91 Å². The molecule has 0 radical (unpaired) electrons. The Morgan fingerprint density at radius 3 is 2.85 bits per heavy atom. The normalized spacial score (nSPS) is 13.5. The van der Waals surface area contributed by atoms with Crippen LogP contribution in [0.2, 0.25) is 0 Å². The van der Waals surface area contributed by atoms with E-state index in [4.69, 9.17) is 4.74 Å². The largest absolute Gasteiger partial charge is 0.382 e. The molecule has 1 amide bonds. The van der Waals surface area contributed by atoms with E-state index in [0.29, 0.717) is 25.3 Å². The molecule has 1 N–H and O–H groups in total. The number of aromatic nitrogens is 2. The number of nitrogens with zero attached hydrogens (tertiary/aromatic N) is 3. The molecular formula is C20H28N4O2. The van der Waals surface area contributed by atoms with Crippen molar-refractivity contribution in [1.82, 2.24) is 15.1 Å². The van der Waals surface area contributed by atoms with Crippen molar-refractivity contribution in [3.63, 3.8) is 0 Å². The average Bonchev–Trinajstić information content (AvgIpc) is 3.03. The summed E-state index contributed by atoms with van der Waals surface area (Å²) in [6.45, 7) is 8.90. The SMILES string of the molecule is CCOCCCNC(=O)c1ccc(CN2CCCn3nc(C)cc32)cc1. The van der Waals surface area contributed by atoms with E-state index in [1.807, 2.05) is 38.1 Å². The Bertz CT molecular complexity index is 724. The first kappa shape index (κ1) is 18.5. The van der Waals surface area contributed by atoms with E-state index < -0.39 is 0 Å². The van der Waals surface area contributed by atoms with Crippen molar-refractivity contribution in [1.29, 1.82) is 0 Å². The van der Waals surface area contributed by atoms with Gasteiger partial charge >= 0.3 is 0 Å². The van der Waals surface area contributed by atoms with Gasteiger partial charge in [0.15, 0.2) is 0 Å². The highest BCUT2D eigenvalue weighted by atomic mass is 16.5. The van der Waals surface area contributed by atoms with Crippen LogP contribution in [0.4, 0.5) is 5.82 Å². The molecule has 0 unspecified atom stereocenters. The highest BCUT2D eigenvalue weighted by Gasteiger charge is 2.18. The minimum atomic E-state index is -0.0280. The minimum absolute atomic E-state index is 0.0280. The number of carbonyl (C=O) groups excluding carboxylic acids is 1. The Labute approximate surface area is 155 Å². The van der Waals surface area contributed by atoms with Crippen LogP contribution in [0.25, 0.3) is 0 Å². The fourth-order valence-corrected chi connectivity index (χ4v) is 3.24. The highest BCUT2D eigenvalue weighted by molar-refractivity contribution is 5.94. The first-order chi connectivity index (χ1) is 12.7. The van der Waals surface area contributed by atoms with Gasteiger partial charge in [0.05, 0.1) is 5.69 Å². The molecule has 0 fully saturated rings. The van der Waals surface area contributed by atoms with E-state index in [9.17, 15) is 4.79 Å². The van der Waals surface area contributed by atoms with Gasteiger partial charge in [0.1, 0.15) is 5.82 Å². The molecule has 0 saturated carbocycles. The number of nitrogens with one attached hydrogen (secondary N) is 1. The van der Waals surface area contributed by atoms with Crippen molar-refractivity contribution in [2.24, 2.45) is 0 Å². The molecule has 2 aromatic rings. The van der Waals surface area contributed by atoms with Crippen LogP contribution in [0.15, 0.2) is 30.3 Å². The van der Waals surface area contributed by atoms with Gasteiger partial charge in [-0.3, -0.25) is 4.79 Å². The summed E-state index contributed by atoms with van der Waals surface area (Å²) in [6, 6.07) is 10.0. The summed E-state index contributed by atoms with van der Waals surface area (Å²) >= 11 is 0. The number of benzene rings is 1. The fourth-order valence-electron chi connectivity index (χ4n) is 3.24. The van der Waals surface area contributed by atoms with Crippen LogP contribution in [0.3, 0.4) is 0 Å². The van der Waals surface area contributed by atoms with Crippen LogP contribution < -0.4 is 10.2 Å². The van der Waals surface area contributed by atoms with Gasteiger partial charge in [-0.25, -0.2) is 4.68 Å². The van der Waals surface area contributed by atoms with Gasteiger partial charge in [-0.05, 0) is 44.4 Å². The standard InChI is InChI=1S/C20H28N4O2/c1-3-26-13-4-10-21-20(25)18-8-6-17(7-9-18)15-23-11-5-12-24-19(23)14-16(2)22-24/h6-9,14H,3-5,10-13,15H2,1-2H3,(H,21,25). The molecule has 2 heterocycles. The van der Waals surface area contributed by atoms with E-state index in [-0.39, 0.29) is 5.91 Å². The number of aryl methyl sites for hydroxylation is 2. The topological polar surface area (TPSA) is 59.4 Å². The van der Waals surface area contributed by atoms with Gasteiger partial charge in [-0.1, -0.05) is 12.1 Å². The van der Waals surface area contributed by atoms with Crippen molar-refractivity contribution in [2.75, 3.05) is 31.2 Å². The van der Waals surface area contributed by atoms with Crippen molar-refractivity contribution < 1.29 is 9.53 Å². The molecule has 26 heavy (non-hydrogen) atoms. The van der Waals surface area contributed by atoms with E-state index >= 15 is 0 Å². The molecule has 1 aliphatic rings. The zero-order valence-electron chi connectivity index (χ0n) is 15.7. The molecule has 1 aromatic heterocycles. The van der Waals surface area contributed by atoms with Gasteiger partial charge in [0, 0.05) is 51.0 Å². The quantitative estimate of drug-likeness (QED) is 0.739. The molecule has 6 nitrogen and oxygen atoms in total. The van der Waals surface area contributed by atoms with Crippen LogP contribution in [0.1, 0.15) is 41.4 Å². The molecule has 0 saturated heterocycles. The first-order valence-corrected chi connectivity index (χ1v) is 9.41. The van der Waals surface area contributed by atoms with E-state index in [1.165, 1.54) is 11.4 Å². The van der Waals surface area contributed by atoms with Crippen molar-refractivity contribution >= 4 is 11.7 Å². The minimum Gasteiger partial charge on any atom is -0.382 e. The smallest absolute Gasteiger partial charge is 0.251 e. The lowest BCUT2D eigenvalue weighted by Gasteiger charge is -2.29. The van der Waals surface area contributed by atoms with E-state index in [2.05, 4.69) is 26.1 Å². The van der Waals surface area contributed by atoms with Crippen LogP contribution >= 0.6 is 0 Å². The summed E-state index contributed by atoms with van der Waals surface area (Å²) in [7, 11) is 0. The maximum absolute atomic E-state index is 12.2. The lowest BCUT2D eigenvalue weighted by molar-refractivity contribution is 0.0944. The van der Waals surface area contributed by atoms with Gasteiger partial charge < -0.3 is 15.0 Å². The summed E-state index contributed by atoms with van der Waals surface area (Å²) in [4.78, 5) is 14.5. The lowest BCUT2D eigenvalue weighted by atomic mass is 10.1. The number of rotatable bonds is 8. The molecule has 6 heteroatoms. The molecule has 1 aliphatic heterocycles. The van der Waals surface area contributed by atoms with Crippen LogP contribution in [0.5, 0.6) is 0 Å². The molecule has 0 spiro atoms. The molecule has 0 bridgehead atoms. The predicted octanol–water partition coefficient (Wildman–Crippen LogP) is 2.76. The Morgan fingerprint density at radius 2 is 2.08 bits per heavy atom. The molecule has 0 aliphatic carbocycles. The summed E-state index contributed by atoms with van der Waals surface area (Å²) in [5.41, 5.74) is 2.96. The second-order valence-corrected chi connectivity index (χ2v) is 6.65. The maximum atomic E-state index is 12.2. The summed E-state index contributed by atoms with van der Waals surface area (Å²) < 4.78 is 7.36. The van der Waals surface area contributed by atoms with E-state index in [1.54, 1.807) is 0 Å². The fraction of sp³-hybridized carbons (Fsp3) is 0.500. The third-order valence-corrected chi connectivity index (χ3v) is 4.55. The van der Waals surface area contributed by atoms with Crippen LogP contribution in [0, 0.1) is 6.92 Å². The summed E-state index contributed by atoms with van der Waals surface area (Å²) in [5.74, 6) is 1.16. The molecule has 3 rings (SSSR count). The third-order valence-electron chi connectivity index (χ3n) is 4.55. The number of ether oxygens (including phenoxy) is 1. The summed E-state index contributed by atoms with van der Waals surface area (Å²) in [6.07, 6.45) is 1.94. The number of anilines is 1. The monoisotopic (exact) mass is 356 g/mol. The first-order valence-electron chi connectivity index (χ1n) is 9.41. The van der Waals surface area contributed by atoms with Gasteiger partial charge in [0.2, 0.25) is 0 Å². The lowest BCUT2D eigenvalue weighted by Crippen LogP contribution is -2.31. The molecule has 1 aromatic carbocycles. The predicted molar refractivity (Wildman–Crippen MR) is 103 cm³/mol. The second kappa shape index (κ2) is 8.85. The van der Waals surface area contributed by atoms with Crippen molar-refractivity contribution in [3.8, 4) is 0 Å². The van der Waals surface area contributed by atoms with Crippen molar-refractivity contribution in [3.05, 3.63) is 47.2 Å². The zero-order valence-corrected chi connectivity index (χ0v) is 15.7. The highest BCUT2D eigenvalue weighted by Crippen LogP contribution is 2.23. The Morgan fingerprint density at radius 1 is 1.27 bits per heavy atom. The van der Waals surface area contributed by atoms with Crippen LogP contribution in [-0.4, -0.2) is 42.0 Å². The number of fused-ring (bicyclic) bond motifs is 1. The Hall–Kier alpha value is -2.34. The molecule has 140 valence electrons. The second-order valence-electron chi connectivity index (χ2n) is 6.65. The van der Waals surface area contributed by atoms with E-state index in [0.717, 1.165) is 38.2 Å². The van der Waals surface area contributed by atoms with Crippen molar-refractivity contribution in [2.45, 2.75) is 39.8 Å². The van der Waals surface area contributed by atoms with Gasteiger partial charge in [-0.2, -0.15) is 5.10 Å². The molecule has 0 atom stereocenters.